The lowest BCUT2D eigenvalue weighted by molar-refractivity contribution is -0.137. The molecule has 7 nitrogen and oxygen atoms in total. The minimum absolute atomic E-state index is 0.0973. The molecule has 1 aliphatic rings. The molecule has 0 aliphatic carbocycles. The highest BCUT2D eigenvalue weighted by Gasteiger charge is 2.38. The number of rotatable bonds is 4. The average Bonchev–Trinajstić information content (AvgIpc) is 3.37. The number of aromatic nitrogens is 4. The van der Waals surface area contributed by atoms with Crippen LogP contribution in [0.2, 0.25) is 0 Å². The Labute approximate surface area is 177 Å². The summed E-state index contributed by atoms with van der Waals surface area (Å²) in [4.78, 5) is 18.9. The number of piperidine rings is 1. The van der Waals surface area contributed by atoms with Crippen molar-refractivity contribution in [1.29, 1.82) is 0 Å². The molecule has 0 aromatic carbocycles. The molecule has 1 saturated heterocycles. The average molecular weight is 435 g/mol. The Morgan fingerprint density at radius 1 is 1.39 bits per heavy atom. The van der Waals surface area contributed by atoms with Gasteiger partial charge in [0.25, 0.3) is 5.71 Å². The molecule has 31 heavy (non-hydrogen) atoms. The number of alkyl halides is 3. The summed E-state index contributed by atoms with van der Waals surface area (Å²) in [5.74, 6) is -0.480. The van der Waals surface area contributed by atoms with E-state index in [1.165, 1.54) is 0 Å². The maximum absolute atomic E-state index is 13.8. The number of amides is 1. The monoisotopic (exact) mass is 435 g/mol. The van der Waals surface area contributed by atoms with Crippen LogP contribution in [0.25, 0.3) is 11.1 Å². The van der Waals surface area contributed by atoms with Crippen LogP contribution in [0.5, 0.6) is 0 Å². The van der Waals surface area contributed by atoms with Gasteiger partial charge in [-0.05, 0) is 45.2 Å². The quantitative estimate of drug-likeness (QED) is 0.612. The molecule has 10 heteroatoms. The van der Waals surface area contributed by atoms with Crippen molar-refractivity contribution in [3.8, 4) is 0 Å². The lowest BCUT2D eigenvalue weighted by Crippen LogP contribution is -2.42. The Balaban J connectivity index is 1.66. The maximum Gasteiger partial charge on any atom is 0.417 e. The van der Waals surface area contributed by atoms with Gasteiger partial charge in [-0.1, -0.05) is 12.1 Å². The van der Waals surface area contributed by atoms with Crippen molar-refractivity contribution >= 4 is 17.0 Å². The minimum Gasteiger partial charge on any atom is -0.340 e. The van der Waals surface area contributed by atoms with Gasteiger partial charge < -0.3 is 9.42 Å². The highest BCUT2D eigenvalue weighted by molar-refractivity contribution is 5.83. The molecule has 3 aromatic heterocycles. The first-order chi connectivity index (χ1) is 14.7. The molecule has 1 aliphatic heterocycles. The van der Waals surface area contributed by atoms with Gasteiger partial charge in [-0.2, -0.15) is 18.3 Å². The molecule has 4 heterocycles. The molecule has 2 atom stereocenters. The second-order valence-electron chi connectivity index (χ2n) is 7.98. The Morgan fingerprint density at radius 3 is 2.81 bits per heavy atom. The number of carbonyl (C=O) groups excluding carboxylic acids is 1. The van der Waals surface area contributed by atoms with Crippen molar-refractivity contribution in [1.82, 2.24) is 24.8 Å². The van der Waals surface area contributed by atoms with Crippen LogP contribution < -0.4 is 0 Å². The number of hydrogen-bond acceptors (Lipinski definition) is 5. The van der Waals surface area contributed by atoms with E-state index in [-0.39, 0.29) is 35.2 Å². The molecule has 1 fully saturated rings. The second-order valence-corrected chi connectivity index (χ2v) is 7.98. The van der Waals surface area contributed by atoms with E-state index in [9.17, 15) is 18.0 Å². The van der Waals surface area contributed by atoms with E-state index in [1.54, 1.807) is 29.6 Å². The van der Waals surface area contributed by atoms with Crippen LogP contribution in [0.4, 0.5) is 13.2 Å². The normalized spacial score (nSPS) is 18.5. The van der Waals surface area contributed by atoms with E-state index in [2.05, 4.69) is 15.2 Å². The first kappa shape index (κ1) is 21.3. The van der Waals surface area contributed by atoms with Crippen LogP contribution in [-0.4, -0.2) is 43.8 Å². The van der Waals surface area contributed by atoms with Gasteiger partial charge >= 0.3 is 6.18 Å². The summed E-state index contributed by atoms with van der Waals surface area (Å²) < 4.78 is 48.2. The van der Waals surface area contributed by atoms with Crippen LogP contribution in [-0.2, 0) is 17.4 Å². The topological polar surface area (TPSA) is 77.0 Å². The highest BCUT2D eigenvalue weighted by Crippen LogP contribution is 2.40. The predicted octanol–water partition coefficient (Wildman–Crippen LogP) is 4.28. The number of nitrogens with zero attached hydrogens (tertiary/aromatic N) is 5. The lowest BCUT2D eigenvalue weighted by Gasteiger charge is -2.34. The fourth-order valence-corrected chi connectivity index (χ4v) is 4.26. The first-order valence-electron chi connectivity index (χ1n) is 10.4. The third kappa shape index (κ3) is 3.90. The Morgan fingerprint density at radius 2 is 2.16 bits per heavy atom. The number of carbonyl (C=O) groups is 1. The van der Waals surface area contributed by atoms with Gasteiger partial charge in [0, 0.05) is 36.6 Å². The Kier molecular flexibility index (Phi) is 5.49. The van der Waals surface area contributed by atoms with Crippen LogP contribution >= 0.6 is 0 Å². The van der Waals surface area contributed by atoms with Crippen molar-refractivity contribution in [3.63, 3.8) is 0 Å². The molecule has 1 amide bonds. The fraction of sp³-hybridized carbons (Fsp3) is 0.524. The molecule has 0 unspecified atom stereocenters. The van der Waals surface area contributed by atoms with Crippen molar-refractivity contribution in [3.05, 3.63) is 41.0 Å². The smallest absolute Gasteiger partial charge is 0.340 e. The summed E-state index contributed by atoms with van der Waals surface area (Å²) in [5.41, 5.74) is 0.495. The number of aryl methyl sites for hydroxylation is 2. The Hall–Kier alpha value is -2.91. The van der Waals surface area contributed by atoms with E-state index in [4.69, 9.17) is 4.52 Å². The molecule has 0 bridgehead atoms. The second kappa shape index (κ2) is 7.97. The van der Waals surface area contributed by atoms with E-state index in [1.807, 2.05) is 13.0 Å². The molecule has 0 N–H and O–H groups in total. The molecule has 0 saturated carbocycles. The SMILES string of the molecule is CCc1cc(C(F)(F)F)c2c([C@@H]3CCCN(C(=O)[C@H](C)n4nccc4C)C3)noc2n1. The maximum atomic E-state index is 13.8. The van der Waals surface area contributed by atoms with Crippen LogP contribution in [0, 0.1) is 6.92 Å². The van der Waals surface area contributed by atoms with Gasteiger partial charge in [0.1, 0.15) is 6.04 Å². The van der Waals surface area contributed by atoms with Gasteiger partial charge in [-0.25, -0.2) is 4.98 Å². The lowest BCUT2D eigenvalue weighted by atomic mass is 9.91. The number of hydrogen-bond donors (Lipinski definition) is 0. The van der Waals surface area contributed by atoms with Crippen molar-refractivity contribution in [2.75, 3.05) is 13.1 Å². The zero-order chi connectivity index (χ0) is 22.3. The third-order valence-electron chi connectivity index (χ3n) is 5.91. The van der Waals surface area contributed by atoms with Crippen LogP contribution in [0.1, 0.15) is 61.3 Å². The van der Waals surface area contributed by atoms with Crippen LogP contribution in [0.3, 0.4) is 0 Å². The van der Waals surface area contributed by atoms with E-state index in [0.29, 0.717) is 31.5 Å². The highest BCUT2D eigenvalue weighted by atomic mass is 19.4. The van der Waals surface area contributed by atoms with Gasteiger partial charge in [0.05, 0.1) is 16.6 Å². The largest absolute Gasteiger partial charge is 0.417 e. The zero-order valence-corrected chi connectivity index (χ0v) is 17.6. The number of halogens is 3. The van der Waals surface area contributed by atoms with Crippen molar-refractivity contribution in [2.24, 2.45) is 0 Å². The van der Waals surface area contributed by atoms with Gasteiger partial charge in [-0.15, -0.1) is 0 Å². The number of pyridine rings is 1. The summed E-state index contributed by atoms with van der Waals surface area (Å²) >= 11 is 0. The van der Waals surface area contributed by atoms with Crippen molar-refractivity contribution in [2.45, 2.75) is 58.2 Å². The number of fused-ring (bicyclic) bond motifs is 1. The summed E-state index contributed by atoms with van der Waals surface area (Å²) in [7, 11) is 0. The predicted molar refractivity (Wildman–Crippen MR) is 106 cm³/mol. The van der Waals surface area contributed by atoms with Crippen molar-refractivity contribution < 1.29 is 22.5 Å². The van der Waals surface area contributed by atoms with Gasteiger partial charge in [0.15, 0.2) is 0 Å². The molecular weight excluding hydrogens is 411 g/mol. The van der Waals surface area contributed by atoms with E-state index >= 15 is 0 Å². The fourth-order valence-electron chi connectivity index (χ4n) is 4.26. The standard InChI is InChI=1S/C21H24F3N5O2/c1-4-15-10-16(21(22,23)24)17-18(27-31-19(17)26-15)14-6-5-9-28(11-14)20(30)13(3)29-12(2)7-8-25-29/h7-8,10,13-14H,4-6,9,11H2,1-3H3/t13-,14+/m0/s1. The number of likely N-dealkylation sites (tertiary alicyclic amines) is 1. The van der Waals surface area contributed by atoms with E-state index < -0.39 is 17.8 Å². The molecule has 4 rings (SSSR count). The molecular formula is C21H24F3N5O2. The van der Waals surface area contributed by atoms with Crippen LogP contribution in [0.15, 0.2) is 22.9 Å². The Bertz CT molecular complexity index is 1100. The van der Waals surface area contributed by atoms with Gasteiger partial charge in [0.2, 0.25) is 5.91 Å². The minimum atomic E-state index is -4.55. The molecule has 0 spiro atoms. The first-order valence-corrected chi connectivity index (χ1v) is 10.4. The molecule has 3 aromatic rings. The summed E-state index contributed by atoms with van der Waals surface area (Å²) in [6, 6.07) is 2.39. The molecule has 166 valence electrons. The zero-order valence-electron chi connectivity index (χ0n) is 17.6. The van der Waals surface area contributed by atoms with E-state index in [0.717, 1.165) is 11.8 Å². The summed E-state index contributed by atoms with van der Waals surface area (Å²) in [6.45, 7) is 6.19. The summed E-state index contributed by atoms with van der Waals surface area (Å²) in [6.07, 6.45) is -1.28. The van der Waals surface area contributed by atoms with Gasteiger partial charge in [-0.3, -0.25) is 9.48 Å². The third-order valence-corrected chi connectivity index (χ3v) is 5.91. The summed E-state index contributed by atoms with van der Waals surface area (Å²) in [5, 5.41) is 8.09. The molecule has 0 radical (unpaired) electrons.